The van der Waals surface area contributed by atoms with Gasteiger partial charge in [0.05, 0.1) is 12.2 Å². The van der Waals surface area contributed by atoms with Gasteiger partial charge in [-0.1, -0.05) is 32.6 Å². The number of hydrogen-bond acceptors (Lipinski definition) is 2. The lowest BCUT2D eigenvalue weighted by atomic mass is 10.1. The molecule has 0 aliphatic heterocycles. The van der Waals surface area contributed by atoms with Crippen molar-refractivity contribution in [3.05, 3.63) is 17.5 Å². The summed E-state index contributed by atoms with van der Waals surface area (Å²) in [6.45, 7) is 3.22. The molecule has 3 nitrogen and oxygen atoms in total. The SMILES string of the molecule is CCNCc1cnn(C2CCCCCC2)c1C(F)F. The number of hydrogen-bond donors (Lipinski definition) is 1. The molecule has 1 fully saturated rings. The minimum Gasteiger partial charge on any atom is -0.313 e. The molecule has 1 N–H and O–H groups in total. The van der Waals surface area contributed by atoms with E-state index in [4.69, 9.17) is 0 Å². The van der Waals surface area contributed by atoms with Crippen molar-refractivity contribution < 1.29 is 8.78 Å². The minimum absolute atomic E-state index is 0.118. The normalized spacial score (nSPS) is 17.9. The van der Waals surface area contributed by atoms with Gasteiger partial charge in [-0.2, -0.15) is 5.10 Å². The molecule has 1 saturated carbocycles. The molecule has 0 bridgehead atoms. The molecule has 1 aliphatic rings. The van der Waals surface area contributed by atoms with E-state index in [1.165, 1.54) is 12.8 Å². The zero-order valence-corrected chi connectivity index (χ0v) is 11.5. The molecule has 1 heterocycles. The second-order valence-corrected chi connectivity index (χ2v) is 5.23. The first-order valence-electron chi connectivity index (χ1n) is 7.29. The minimum atomic E-state index is -2.44. The van der Waals surface area contributed by atoms with Crippen LogP contribution in [0, 0.1) is 0 Å². The Morgan fingerprint density at radius 3 is 2.58 bits per heavy atom. The van der Waals surface area contributed by atoms with Gasteiger partial charge >= 0.3 is 0 Å². The zero-order valence-electron chi connectivity index (χ0n) is 11.5. The zero-order chi connectivity index (χ0) is 13.7. The van der Waals surface area contributed by atoms with E-state index in [9.17, 15) is 8.78 Å². The molecule has 0 radical (unpaired) electrons. The molecular weight excluding hydrogens is 248 g/mol. The average Bonchev–Trinajstić information content (AvgIpc) is 2.63. The van der Waals surface area contributed by atoms with E-state index < -0.39 is 6.43 Å². The van der Waals surface area contributed by atoms with E-state index in [0.29, 0.717) is 12.1 Å². The van der Waals surface area contributed by atoms with Gasteiger partial charge in [-0.25, -0.2) is 8.78 Å². The fourth-order valence-corrected chi connectivity index (χ4v) is 2.84. The Morgan fingerprint density at radius 1 is 1.32 bits per heavy atom. The van der Waals surface area contributed by atoms with Gasteiger partial charge in [0.15, 0.2) is 0 Å². The van der Waals surface area contributed by atoms with Crippen LogP contribution >= 0.6 is 0 Å². The van der Waals surface area contributed by atoms with Crippen molar-refractivity contribution in [2.75, 3.05) is 6.54 Å². The number of alkyl halides is 2. The molecule has 0 spiro atoms. The molecule has 0 unspecified atom stereocenters. The Labute approximate surface area is 113 Å². The topological polar surface area (TPSA) is 29.9 Å². The highest BCUT2D eigenvalue weighted by Crippen LogP contribution is 2.32. The molecular formula is C14H23F2N3. The van der Waals surface area contributed by atoms with Crippen molar-refractivity contribution in [2.24, 2.45) is 0 Å². The number of rotatable bonds is 5. The van der Waals surface area contributed by atoms with Crippen LogP contribution in [0.25, 0.3) is 0 Å². The highest BCUT2D eigenvalue weighted by atomic mass is 19.3. The maximum absolute atomic E-state index is 13.3. The van der Waals surface area contributed by atoms with E-state index in [1.807, 2.05) is 6.92 Å². The predicted molar refractivity (Wildman–Crippen MR) is 71.3 cm³/mol. The summed E-state index contributed by atoms with van der Waals surface area (Å²) < 4.78 is 28.2. The van der Waals surface area contributed by atoms with E-state index in [1.54, 1.807) is 10.9 Å². The van der Waals surface area contributed by atoms with Crippen molar-refractivity contribution in [3.63, 3.8) is 0 Å². The summed E-state index contributed by atoms with van der Waals surface area (Å²) in [5.41, 5.74) is 0.758. The number of halogens is 2. The van der Waals surface area contributed by atoms with Crippen molar-refractivity contribution in [1.29, 1.82) is 0 Å². The molecule has 1 aromatic rings. The summed E-state index contributed by atoms with van der Waals surface area (Å²) >= 11 is 0. The summed E-state index contributed by atoms with van der Waals surface area (Å²) in [7, 11) is 0. The van der Waals surface area contributed by atoms with Crippen LogP contribution < -0.4 is 5.32 Å². The molecule has 0 aromatic carbocycles. The lowest BCUT2D eigenvalue weighted by molar-refractivity contribution is 0.133. The maximum atomic E-state index is 13.3. The summed E-state index contributed by atoms with van der Waals surface area (Å²) in [6, 6.07) is 0.155. The second kappa shape index (κ2) is 6.98. The fraction of sp³-hybridized carbons (Fsp3) is 0.786. The molecule has 1 aliphatic carbocycles. The third kappa shape index (κ3) is 3.53. The van der Waals surface area contributed by atoms with Gasteiger partial charge in [0.25, 0.3) is 6.43 Å². The lowest BCUT2D eigenvalue weighted by Gasteiger charge is -2.18. The molecule has 0 atom stereocenters. The number of aromatic nitrogens is 2. The van der Waals surface area contributed by atoms with Crippen LogP contribution in [0.1, 0.15) is 69.2 Å². The van der Waals surface area contributed by atoms with Gasteiger partial charge in [0.1, 0.15) is 5.69 Å². The second-order valence-electron chi connectivity index (χ2n) is 5.23. The highest BCUT2D eigenvalue weighted by molar-refractivity contribution is 5.19. The van der Waals surface area contributed by atoms with E-state index in [-0.39, 0.29) is 11.7 Å². The Kier molecular flexibility index (Phi) is 5.31. The van der Waals surface area contributed by atoms with Crippen LogP contribution in [0.4, 0.5) is 8.78 Å². The summed E-state index contributed by atoms with van der Waals surface area (Å²) in [5.74, 6) is 0. The van der Waals surface area contributed by atoms with Crippen molar-refractivity contribution in [1.82, 2.24) is 15.1 Å². The largest absolute Gasteiger partial charge is 0.313 e. The molecule has 19 heavy (non-hydrogen) atoms. The average molecular weight is 271 g/mol. The first kappa shape index (κ1) is 14.4. The summed E-state index contributed by atoms with van der Waals surface area (Å²) in [4.78, 5) is 0. The van der Waals surface area contributed by atoms with Gasteiger partial charge < -0.3 is 5.32 Å². The van der Waals surface area contributed by atoms with Crippen LogP contribution in [-0.2, 0) is 6.54 Å². The van der Waals surface area contributed by atoms with Crippen LogP contribution in [-0.4, -0.2) is 16.3 Å². The Morgan fingerprint density at radius 2 is 2.00 bits per heavy atom. The van der Waals surface area contributed by atoms with E-state index >= 15 is 0 Å². The molecule has 2 rings (SSSR count). The van der Waals surface area contributed by atoms with E-state index in [2.05, 4.69) is 10.4 Å². The van der Waals surface area contributed by atoms with Crippen LogP contribution in [0.3, 0.4) is 0 Å². The van der Waals surface area contributed by atoms with Gasteiger partial charge in [-0.3, -0.25) is 4.68 Å². The van der Waals surface area contributed by atoms with Gasteiger partial charge in [-0.05, 0) is 19.4 Å². The van der Waals surface area contributed by atoms with Gasteiger partial charge in [-0.15, -0.1) is 0 Å². The third-order valence-corrected chi connectivity index (χ3v) is 3.86. The van der Waals surface area contributed by atoms with Crippen LogP contribution in [0.2, 0.25) is 0 Å². The smallest absolute Gasteiger partial charge is 0.280 e. The quantitative estimate of drug-likeness (QED) is 0.825. The summed E-state index contributed by atoms with van der Waals surface area (Å²) in [5, 5.41) is 7.35. The summed E-state index contributed by atoms with van der Waals surface area (Å²) in [6.07, 6.45) is 5.78. The van der Waals surface area contributed by atoms with Crippen molar-refractivity contribution in [3.8, 4) is 0 Å². The Balaban J connectivity index is 2.20. The van der Waals surface area contributed by atoms with Gasteiger partial charge in [0, 0.05) is 12.1 Å². The highest BCUT2D eigenvalue weighted by Gasteiger charge is 2.25. The van der Waals surface area contributed by atoms with Crippen LogP contribution in [0.5, 0.6) is 0 Å². The van der Waals surface area contributed by atoms with Crippen LogP contribution in [0.15, 0.2) is 6.20 Å². The Bertz CT molecular complexity index is 382. The first-order chi connectivity index (χ1) is 9.24. The van der Waals surface area contributed by atoms with Gasteiger partial charge in [0.2, 0.25) is 0 Å². The molecule has 5 heteroatoms. The number of nitrogens with zero attached hydrogens (tertiary/aromatic N) is 2. The standard InChI is InChI=1S/C14H23F2N3/c1-2-17-9-11-10-18-19(13(11)14(15)16)12-7-5-3-4-6-8-12/h10,12,14,17H,2-9H2,1H3. The van der Waals surface area contributed by atoms with Crippen molar-refractivity contribution in [2.45, 2.75) is 64.5 Å². The van der Waals surface area contributed by atoms with Crippen molar-refractivity contribution >= 4 is 0 Å². The van der Waals surface area contributed by atoms with E-state index in [0.717, 1.165) is 32.2 Å². The first-order valence-corrected chi connectivity index (χ1v) is 7.29. The molecule has 0 saturated heterocycles. The predicted octanol–water partition coefficient (Wildman–Crippen LogP) is 3.83. The maximum Gasteiger partial charge on any atom is 0.280 e. The monoisotopic (exact) mass is 271 g/mol. The fourth-order valence-electron chi connectivity index (χ4n) is 2.84. The molecule has 1 aromatic heterocycles. The Hall–Kier alpha value is -0.970. The lowest BCUT2D eigenvalue weighted by Crippen LogP contribution is -2.17. The third-order valence-electron chi connectivity index (χ3n) is 3.86. The molecule has 108 valence electrons. The molecule has 0 amide bonds. The number of nitrogens with one attached hydrogen (secondary N) is 1.